The summed E-state index contributed by atoms with van der Waals surface area (Å²) in [5, 5.41) is 3.14. The van der Waals surface area contributed by atoms with Crippen molar-refractivity contribution in [2.75, 3.05) is 6.61 Å². The maximum absolute atomic E-state index is 12.1. The molecule has 0 saturated carbocycles. The van der Waals surface area contributed by atoms with E-state index in [0.29, 0.717) is 13.0 Å². The molecule has 0 fully saturated rings. The molecular formula is C19H21NO2. The van der Waals surface area contributed by atoms with Crippen molar-refractivity contribution in [2.45, 2.75) is 31.7 Å². The molecule has 1 aliphatic carbocycles. The number of carbonyl (C=O) groups excluding carboxylic acids is 1. The van der Waals surface area contributed by atoms with Gasteiger partial charge in [-0.1, -0.05) is 42.5 Å². The van der Waals surface area contributed by atoms with Crippen molar-refractivity contribution in [1.29, 1.82) is 0 Å². The third kappa shape index (κ3) is 3.67. The summed E-state index contributed by atoms with van der Waals surface area (Å²) in [6.07, 6.45) is 3.64. The topological polar surface area (TPSA) is 38.3 Å². The summed E-state index contributed by atoms with van der Waals surface area (Å²) in [7, 11) is 0. The van der Waals surface area contributed by atoms with Gasteiger partial charge in [0.2, 0.25) is 5.91 Å². The molecule has 1 aliphatic rings. The van der Waals surface area contributed by atoms with E-state index in [2.05, 4.69) is 23.5 Å². The van der Waals surface area contributed by atoms with E-state index in [0.717, 1.165) is 25.0 Å². The van der Waals surface area contributed by atoms with Crippen LogP contribution in [0.3, 0.4) is 0 Å². The Labute approximate surface area is 131 Å². The minimum Gasteiger partial charge on any atom is -0.493 e. The molecular weight excluding hydrogens is 274 g/mol. The summed E-state index contributed by atoms with van der Waals surface area (Å²) >= 11 is 0. The lowest BCUT2D eigenvalue weighted by molar-refractivity contribution is -0.122. The van der Waals surface area contributed by atoms with Crippen LogP contribution in [0.4, 0.5) is 0 Å². The first-order valence-corrected chi connectivity index (χ1v) is 7.88. The van der Waals surface area contributed by atoms with Gasteiger partial charge in [0, 0.05) is 0 Å². The summed E-state index contributed by atoms with van der Waals surface area (Å²) in [4.78, 5) is 12.1. The van der Waals surface area contributed by atoms with Crippen LogP contribution >= 0.6 is 0 Å². The number of aryl methyl sites for hydroxylation is 1. The smallest absolute Gasteiger partial charge is 0.223 e. The highest BCUT2D eigenvalue weighted by Gasteiger charge is 2.21. The van der Waals surface area contributed by atoms with Gasteiger partial charge in [-0.3, -0.25) is 4.79 Å². The fraction of sp³-hybridized carbons (Fsp3) is 0.316. The van der Waals surface area contributed by atoms with E-state index in [9.17, 15) is 4.79 Å². The van der Waals surface area contributed by atoms with Crippen LogP contribution in [0.25, 0.3) is 0 Å². The molecule has 0 bridgehead atoms. The highest BCUT2D eigenvalue weighted by Crippen LogP contribution is 2.29. The standard InChI is InChI=1S/C19H21NO2/c21-19(13-14-22-16-9-2-1-3-10-16)20-18-12-6-8-15-7-4-5-11-17(15)18/h1-5,7,9-11,18H,6,8,12-14H2,(H,20,21). The fourth-order valence-corrected chi connectivity index (χ4v) is 2.95. The molecule has 1 unspecified atom stereocenters. The maximum Gasteiger partial charge on any atom is 0.223 e. The molecule has 3 rings (SSSR count). The molecule has 1 amide bonds. The lowest BCUT2D eigenvalue weighted by Gasteiger charge is -2.26. The van der Waals surface area contributed by atoms with E-state index in [1.54, 1.807) is 0 Å². The lowest BCUT2D eigenvalue weighted by atomic mass is 9.88. The monoisotopic (exact) mass is 295 g/mol. The first kappa shape index (κ1) is 14.6. The summed E-state index contributed by atoms with van der Waals surface area (Å²) in [5.74, 6) is 0.857. The summed E-state index contributed by atoms with van der Waals surface area (Å²) in [6, 6.07) is 18.1. The molecule has 0 heterocycles. The molecule has 0 radical (unpaired) electrons. The number of ether oxygens (including phenoxy) is 1. The molecule has 114 valence electrons. The van der Waals surface area contributed by atoms with Crippen molar-refractivity contribution in [3.8, 4) is 5.75 Å². The summed E-state index contributed by atoms with van der Waals surface area (Å²) in [5.41, 5.74) is 2.63. The Kier molecular flexibility index (Phi) is 4.74. The van der Waals surface area contributed by atoms with Gasteiger partial charge in [-0.25, -0.2) is 0 Å². The van der Waals surface area contributed by atoms with Crippen LogP contribution in [-0.4, -0.2) is 12.5 Å². The highest BCUT2D eigenvalue weighted by molar-refractivity contribution is 5.76. The molecule has 3 heteroatoms. The van der Waals surface area contributed by atoms with Crippen molar-refractivity contribution < 1.29 is 9.53 Å². The molecule has 22 heavy (non-hydrogen) atoms. The summed E-state index contributed by atoms with van der Waals surface area (Å²) in [6.45, 7) is 0.407. The number of amides is 1. The van der Waals surface area contributed by atoms with Crippen LogP contribution in [0, 0.1) is 0 Å². The van der Waals surface area contributed by atoms with Gasteiger partial charge in [0.05, 0.1) is 19.1 Å². The van der Waals surface area contributed by atoms with Gasteiger partial charge < -0.3 is 10.1 Å². The Morgan fingerprint density at radius 3 is 2.73 bits per heavy atom. The molecule has 0 aliphatic heterocycles. The zero-order valence-corrected chi connectivity index (χ0v) is 12.6. The second-order valence-electron chi connectivity index (χ2n) is 5.62. The van der Waals surface area contributed by atoms with Gasteiger partial charge in [-0.2, -0.15) is 0 Å². The average molecular weight is 295 g/mol. The van der Waals surface area contributed by atoms with Crippen LogP contribution in [0.2, 0.25) is 0 Å². The van der Waals surface area contributed by atoms with Crippen molar-refractivity contribution in [3.05, 3.63) is 65.7 Å². The second kappa shape index (κ2) is 7.12. The van der Waals surface area contributed by atoms with E-state index in [4.69, 9.17) is 4.74 Å². The average Bonchev–Trinajstić information content (AvgIpc) is 2.56. The number of hydrogen-bond acceptors (Lipinski definition) is 2. The van der Waals surface area contributed by atoms with E-state index in [1.165, 1.54) is 11.1 Å². The van der Waals surface area contributed by atoms with Crippen molar-refractivity contribution in [2.24, 2.45) is 0 Å². The van der Waals surface area contributed by atoms with E-state index in [-0.39, 0.29) is 11.9 Å². The van der Waals surface area contributed by atoms with Crippen molar-refractivity contribution in [1.82, 2.24) is 5.32 Å². The molecule has 2 aromatic carbocycles. The molecule has 0 saturated heterocycles. The molecule has 0 spiro atoms. The van der Waals surface area contributed by atoms with Crippen molar-refractivity contribution >= 4 is 5.91 Å². The lowest BCUT2D eigenvalue weighted by Crippen LogP contribution is -2.31. The second-order valence-corrected chi connectivity index (χ2v) is 5.62. The Balaban J connectivity index is 1.50. The number of benzene rings is 2. The SMILES string of the molecule is O=C(CCOc1ccccc1)NC1CCCc2ccccc21. The van der Waals surface area contributed by atoms with Crippen LogP contribution < -0.4 is 10.1 Å². The quantitative estimate of drug-likeness (QED) is 0.914. The molecule has 0 aromatic heterocycles. The number of carbonyl (C=O) groups is 1. The van der Waals surface area contributed by atoms with E-state index in [1.807, 2.05) is 36.4 Å². The number of fused-ring (bicyclic) bond motifs is 1. The Bertz CT molecular complexity index is 624. The predicted octanol–water partition coefficient (Wildman–Crippen LogP) is 3.65. The number of nitrogens with one attached hydrogen (secondary N) is 1. The van der Waals surface area contributed by atoms with Gasteiger partial charge >= 0.3 is 0 Å². The zero-order chi connectivity index (χ0) is 15.2. The minimum atomic E-state index is 0.0534. The normalized spacial score (nSPS) is 16.6. The molecule has 3 nitrogen and oxygen atoms in total. The molecule has 1 N–H and O–H groups in total. The van der Waals surface area contributed by atoms with Gasteiger partial charge in [-0.15, -0.1) is 0 Å². The van der Waals surface area contributed by atoms with Crippen LogP contribution in [0.15, 0.2) is 54.6 Å². The van der Waals surface area contributed by atoms with Gasteiger partial charge in [0.25, 0.3) is 0 Å². The molecule has 2 aromatic rings. The highest BCUT2D eigenvalue weighted by atomic mass is 16.5. The third-order valence-corrected chi connectivity index (χ3v) is 4.05. The predicted molar refractivity (Wildman–Crippen MR) is 86.8 cm³/mol. The Morgan fingerprint density at radius 2 is 1.86 bits per heavy atom. The van der Waals surface area contributed by atoms with E-state index >= 15 is 0 Å². The largest absolute Gasteiger partial charge is 0.493 e. The Hall–Kier alpha value is -2.29. The van der Waals surface area contributed by atoms with Crippen LogP contribution in [-0.2, 0) is 11.2 Å². The van der Waals surface area contributed by atoms with Crippen LogP contribution in [0.5, 0.6) is 5.75 Å². The first-order valence-electron chi connectivity index (χ1n) is 7.88. The number of para-hydroxylation sites is 1. The van der Waals surface area contributed by atoms with Gasteiger partial charge in [0.1, 0.15) is 5.75 Å². The fourth-order valence-electron chi connectivity index (χ4n) is 2.95. The maximum atomic E-state index is 12.1. The van der Waals surface area contributed by atoms with E-state index < -0.39 is 0 Å². The van der Waals surface area contributed by atoms with Gasteiger partial charge in [0.15, 0.2) is 0 Å². The molecule has 1 atom stereocenters. The summed E-state index contributed by atoms with van der Waals surface area (Å²) < 4.78 is 5.57. The first-order chi connectivity index (χ1) is 10.8. The van der Waals surface area contributed by atoms with Crippen LogP contribution in [0.1, 0.15) is 36.4 Å². The Morgan fingerprint density at radius 1 is 1.09 bits per heavy atom. The van der Waals surface area contributed by atoms with Gasteiger partial charge in [-0.05, 0) is 42.5 Å². The minimum absolute atomic E-state index is 0.0534. The third-order valence-electron chi connectivity index (χ3n) is 4.05. The zero-order valence-electron chi connectivity index (χ0n) is 12.6. The number of rotatable bonds is 5. The van der Waals surface area contributed by atoms with Crippen molar-refractivity contribution in [3.63, 3.8) is 0 Å². The number of hydrogen-bond donors (Lipinski definition) is 1.